The number of nitrogens with one attached hydrogen (secondary N) is 2. The molecule has 104 valence electrons. The van der Waals surface area contributed by atoms with Crippen LogP contribution in [0.3, 0.4) is 0 Å². The maximum absolute atomic E-state index is 11.7. The topological polar surface area (TPSA) is 80.0 Å². The van der Waals surface area contributed by atoms with Crippen LogP contribution in [0.5, 0.6) is 0 Å². The van der Waals surface area contributed by atoms with E-state index in [1.54, 1.807) is 12.3 Å². The van der Waals surface area contributed by atoms with Crippen LogP contribution in [0.2, 0.25) is 0 Å². The van der Waals surface area contributed by atoms with E-state index in [0.717, 1.165) is 16.9 Å². The minimum Gasteiger partial charge on any atom is -0.398 e. The van der Waals surface area contributed by atoms with Crippen molar-refractivity contribution in [2.45, 2.75) is 13.5 Å². The molecule has 2 aromatic rings. The van der Waals surface area contributed by atoms with E-state index in [0.29, 0.717) is 18.8 Å². The van der Waals surface area contributed by atoms with Gasteiger partial charge in [0.1, 0.15) is 5.69 Å². The number of amides is 1. The average molecular weight is 270 g/mol. The Balaban J connectivity index is 2.05. The number of nitrogens with two attached hydrogens (primary N) is 1. The standard InChI is InChI=1S/C15H18N4O/c1-2-17-15(20)14-9-12(7-8-18-14)19-10-11-5-3-4-6-13(11)16/h3-9H,2,10,16H2,1H3,(H,17,20)(H,18,19). The van der Waals surface area contributed by atoms with Crippen molar-refractivity contribution in [2.24, 2.45) is 0 Å². The van der Waals surface area contributed by atoms with Gasteiger partial charge in [-0.1, -0.05) is 18.2 Å². The molecule has 0 saturated heterocycles. The maximum atomic E-state index is 11.7. The number of aromatic nitrogens is 1. The first-order chi connectivity index (χ1) is 9.70. The predicted molar refractivity (Wildman–Crippen MR) is 80.4 cm³/mol. The second kappa shape index (κ2) is 6.56. The van der Waals surface area contributed by atoms with E-state index >= 15 is 0 Å². The second-order valence-electron chi connectivity index (χ2n) is 4.34. The molecule has 1 heterocycles. The van der Waals surface area contributed by atoms with E-state index in [1.165, 1.54) is 0 Å². The van der Waals surface area contributed by atoms with Crippen molar-refractivity contribution in [3.8, 4) is 0 Å². The Hall–Kier alpha value is -2.56. The lowest BCUT2D eigenvalue weighted by atomic mass is 10.2. The van der Waals surface area contributed by atoms with Gasteiger partial charge in [-0.3, -0.25) is 9.78 Å². The van der Waals surface area contributed by atoms with Crippen molar-refractivity contribution in [3.63, 3.8) is 0 Å². The van der Waals surface area contributed by atoms with E-state index in [2.05, 4.69) is 15.6 Å². The number of pyridine rings is 1. The third-order valence-electron chi connectivity index (χ3n) is 2.87. The Bertz CT molecular complexity index is 598. The molecule has 0 fully saturated rings. The molecule has 0 radical (unpaired) electrons. The van der Waals surface area contributed by atoms with Gasteiger partial charge in [0.15, 0.2) is 0 Å². The summed E-state index contributed by atoms with van der Waals surface area (Å²) in [5, 5.41) is 5.96. The van der Waals surface area contributed by atoms with Crippen LogP contribution in [-0.2, 0) is 6.54 Å². The van der Waals surface area contributed by atoms with E-state index in [9.17, 15) is 4.79 Å². The quantitative estimate of drug-likeness (QED) is 0.726. The summed E-state index contributed by atoms with van der Waals surface area (Å²) in [6, 6.07) is 11.2. The minimum absolute atomic E-state index is 0.171. The summed E-state index contributed by atoms with van der Waals surface area (Å²) in [6.07, 6.45) is 1.61. The Morgan fingerprint density at radius 3 is 2.85 bits per heavy atom. The molecule has 1 amide bonds. The number of nitrogen functional groups attached to an aromatic ring is 1. The smallest absolute Gasteiger partial charge is 0.269 e. The zero-order valence-corrected chi connectivity index (χ0v) is 11.4. The summed E-state index contributed by atoms with van der Waals surface area (Å²) in [5.74, 6) is -0.171. The maximum Gasteiger partial charge on any atom is 0.269 e. The molecule has 0 bridgehead atoms. The van der Waals surface area contributed by atoms with Crippen molar-refractivity contribution in [3.05, 3.63) is 53.9 Å². The largest absolute Gasteiger partial charge is 0.398 e. The summed E-state index contributed by atoms with van der Waals surface area (Å²) in [7, 11) is 0. The Morgan fingerprint density at radius 1 is 1.30 bits per heavy atom. The first kappa shape index (κ1) is 13.9. The van der Waals surface area contributed by atoms with Crippen LogP contribution in [0.25, 0.3) is 0 Å². The number of carbonyl (C=O) groups excluding carboxylic acids is 1. The number of anilines is 2. The van der Waals surface area contributed by atoms with Gasteiger partial charge in [0.05, 0.1) is 0 Å². The lowest BCUT2D eigenvalue weighted by Crippen LogP contribution is -2.23. The van der Waals surface area contributed by atoms with Crippen LogP contribution < -0.4 is 16.4 Å². The molecule has 0 aliphatic rings. The monoisotopic (exact) mass is 270 g/mol. The van der Waals surface area contributed by atoms with Crippen LogP contribution in [0.4, 0.5) is 11.4 Å². The van der Waals surface area contributed by atoms with Crippen molar-refractivity contribution in [1.82, 2.24) is 10.3 Å². The fourth-order valence-corrected chi connectivity index (χ4v) is 1.81. The summed E-state index contributed by atoms with van der Waals surface area (Å²) in [4.78, 5) is 15.8. The fourth-order valence-electron chi connectivity index (χ4n) is 1.81. The number of hydrogen-bond acceptors (Lipinski definition) is 4. The third-order valence-corrected chi connectivity index (χ3v) is 2.87. The molecule has 0 unspecified atom stereocenters. The van der Waals surface area contributed by atoms with Crippen LogP contribution in [0, 0.1) is 0 Å². The second-order valence-corrected chi connectivity index (χ2v) is 4.34. The SMILES string of the molecule is CCNC(=O)c1cc(NCc2ccccc2N)ccn1. The highest BCUT2D eigenvalue weighted by Crippen LogP contribution is 2.14. The van der Waals surface area contributed by atoms with E-state index < -0.39 is 0 Å². The number of nitrogens with zero attached hydrogens (tertiary/aromatic N) is 1. The zero-order valence-electron chi connectivity index (χ0n) is 11.4. The molecule has 0 aliphatic carbocycles. The van der Waals surface area contributed by atoms with Crippen LogP contribution in [0.15, 0.2) is 42.6 Å². The normalized spacial score (nSPS) is 10.1. The molecule has 20 heavy (non-hydrogen) atoms. The van der Waals surface area contributed by atoms with Crippen LogP contribution in [-0.4, -0.2) is 17.4 Å². The van der Waals surface area contributed by atoms with Crippen molar-refractivity contribution in [2.75, 3.05) is 17.6 Å². The Morgan fingerprint density at radius 2 is 2.10 bits per heavy atom. The predicted octanol–water partition coefficient (Wildman–Crippen LogP) is 2.03. The molecule has 0 spiro atoms. The van der Waals surface area contributed by atoms with E-state index in [-0.39, 0.29) is 5.91 Å². The van der Waals surface area contributed by atoms with Gasteiger partial charge in [-0.2, -0.15) is 0 Å². The molecule has 5 heteroatoms. The Labute approximate surface area is 118 Å². The summed E-state index contributed by atoms with van der Waals surface area (Å²) in [5.41, 5.74) is 8.89. The number of benzene rings is 1. The Kier molecular flexibility index (Phi) is 4.55. The van der Waals surface area contributed by atoms with Crippen molar-refractivity contribution in [1.29, 1.82) is 0 Å². The van der Waals surface area contributed by atoms with Gasteiger partial charge in [-0.05, 0) is 30.7 Å². The lowest BCUT2D eigenvalue weighted by Gasteiger charge is -2.09. The van der Waals surface area contributed by atoms with Crippen LogP contribution >= 0.6 is 0 Å². The summed E-state index contributed by atoms with van der Waals surface area (Å²) < 4.78 is 0. The molecule has 2 rings (SSSR count). The molecule has 5 nitrogen and oxygen atoms in total. The molecular formula is C15H18N4O. The van der Waals surface area contributed by atoms with Crippen molar-refractivity contribution >= 4 is 17.3 Å². The highest BCUT2D eigenvalue weighted by Gasteiger charge is 2.06. The summed E-state index contributed by atoms with van der Waals surface area (Å²) in [6.45, 7) is 3.06. The molecule has 0 atom stereocenters. The van der Waals surface area contributed by atoms with Gasteiger partial charge in [0, 0.05) is 30.7 Å². The lowest BCUT2D eigenvalue weighted by molar-refractivity contribution is 0.0951. The average Bonchev–Trinajstić information content (AvgIpc) is 2.47. The number of rotatable bonds is 5. The first-order valence-electron chi connectivity index (χ1n) is 6.52. The molecule has 1 aromatic carbocycles. The highest BCUT2D eigenvalue weighted by molar-refractivity contribution is 5.93. The van der Waals surface area contributed by atoms with E-state index in [4.69, 9.17) is 5.73 Å². The number of hydrogen-bond donors (Lipinski definition) is 3. The van der Waals surface area contributed by atoms with Gasteiger partial charge in [-0.25, -0.2) is 0 Å². The number of para-hydroxylation sites is 1. The highest BCUT2D eigenvalue weighted by atomic mass is 16.1. The fraction of sp³-hybridized carbons (Fsp3) is 0.200. The first-order valence-corrected chi connectivity index (χ1v) is 6.52. The van der Waals surface area contributed by atoms with Gasteiger partial charge in [-0.15, -0.1) is 0 Å². The summed E-state index contributed by atoms with van der Waals surface area (Å²) >= 11 is 0. The third kappa shape index (κ3) is 3.47. The van der Waals surface area contributed by atoms with Gasteiger partial charge in [0.2, 0.25) is 0 Å². The molecular weight excluding hydrogens is 252 g/mol. The van der Waals surface area contributed by atoms with Crippen molar-refractivity contribution < 1.29 is 4.79 Å². The molecule has 4 N–H and O–H groups in total. The van der Waals surface area contributed by atoms with Gasteiger partial charge >= 0.3 is 0 Å². The minimum atomic E-state index is -0.171. The van der Waals surface area contributed by atoms with E-state index in [1.807, 2.05) is 37.3 Å². The molecule has 0 saturated carbocycles. The van der Waals surface area contributed by atoms with Crippen LogP contribution in [0.1, 0.15) is 23.0 Å². The van der Waals surface area contributed by atoms with Gasteiger partial charge in [0.25, 0.3) is 5.91 Å². The van der Waals surface area contributed by atoms with Gasteiger partial charge < -0.3 is 16.4 Å². The molecule has 1 aromatic heterocycles. The zero-order chi connectivity index (χ0) is 14.4. The molecule has 0 aliphatic heterocycles. The number of carbonyl (C=O) groups is 1.